The number of nitrogens with two attached hydrogens (primary N) is 1. The molecule has 0 radical (unpaired) electrons. The predicted octanol–water partition coefficient (Wildman–Crippen LogP) is 2.32. The maximum atomic E-state index is 9.25. The summed E-state index contributed by atoms with van der Waals surface area (Å²) in [6.45, 7) is 2.96. The van der Waals surface area contributed by atoms with E-state index in [-0.39, 0.29) is 6.61 Å². The van der Waals surface area contributed by atoms with Gasteiger partial charge in [0.2, 0.25) is 0 Å². The number of rotatable bonds is 4. The van der Waals surface area contributed by atoms with Crippen LogP contribution in [0.25, 0.3) is 0 Å². The van der Waals surface area contributed by atoms with Gasteiger partial charge in [-0.25, -0.2) is 0 Å². The molecule has 17 heavy (non-hydrogen) atoms. The van der Waals surface area contributed by atoms with Crippen molar-refractivity contribution >= 4 is 11.4 Å². The zero-order valence-corrected chi connectivity index (χ0v) is 10.5. The van der Waals surface area contributed by atoms with Gasteiger partial charge in [0.1, 0.15) is 0 Å². The number of aliphatic hydroxyl groups excluding tert-OH is 1. The van der Waals surface area contributed by atoms with Gasteiger partial charge in [-0.1, -0.05) is 18.9 Å². The van der Waals surface area contributed by atoms with Crippen molar-refractivity contribution in [1.82, 2.24) is 0 Å². The summed E-state index contributed by atoms with van der Waals surface area (Å²) in [5, 5.41) is 9.25. The molecule has 0 aromatic heterocycles. The van der Waals surface area contributed by atoms with Gasteiger partial charge in [-0.15, -0.1) is 0 Å². The van der Waals surface area contributed by atoms with Crippen LogP contribution in [0, 0.1) is 6.92 Å². The fraction of sp³-hybridized carbons (Fsp3) is 0.571. The Morgan fingerprint density at radius 1 is 1.35 bits per heavy atom. The highest BCUT2D eigenvalue weighted by atomic mass is 16.3. The first kappa shape index (κ1) is 12.2. The number of anilines is 2. The van der Waals surface area contributed by atoms with Crippen LogP contribution in [0.5, 0.6) is 0 Å². The molecule has 2 rings (SSSR count). The lowest BCUT2D eigenvalue weighted by Gasteiger charge is -2.32. The highest BCUT2D eigenvalue weighted by molar-refractivity contribution is 5.64. The first-order valence-electron chi connectivity index (χ1n) is 6.46. The number of aliphatic hydroxyl groups is 1. The van der Waals surface area contributed by atoms with E-state index in [0.29, 0.717) is 12.6 Å². The van der Waals surface area contributed by atoms with E-state index in [9.17, 15) is 5.11 Å². The number of hydrogen-bond donors (Lipinski definition) is 2. The largest absolute Gasteiger partial charge is 0.398 e. The molecule has 1 aliphatic carbocycles. The zero-order valence-electron chi connectivity index (χ0n) is 10.5. The van der Waals surface area contributed by atoms with E-state index >= 15 is 0 Å². The first-order valence-corrected chi connectivity index (χ1v) is 6.46. The summed E-state index contributed by atoms with van der Waals surface area (Å²) in [7, 11) is 0. The third-order valence-electron chi connectivity index (χ3n) is 3.76. The molecule has 3 N–H and O–H groups in total. The minimum atomic E-state index is 0.199. The maximum Gasteiger partial charge on any atom is 0.0606 e. The Morgan fingerprint density at radius 2 is 2.06 bits per heavy atom. The predicted molar refractivity (Wildman–Crippen MR) is 72.3 cm³/mol. The molecule has 1 aliphatic rings. The fourth-order valence-electron chi connectivity index (χ4n) is 2.78. The first-order chi connectivity index (χ1) is 8.24. The van der Waals surface area contributed by atoms with Crippen LogP contribution in [0.4, 0.5) is 11.4 Å². The van der Waals surface area contributed by atoms with Crippen molar-refractivity contribution in [3.05, 3.63) is 23.8 Å². The fourth-order valence-corrected chi connectivity index (χ4v) is 2.78. The molecule has 0 aliphatic heterocycles. The van der Waals surface area contributed by atoms with E-state index in [1.807, 2.05) is 12.1 Å². The molecule has 3 heteroatoms. The molecule has 1 aromatic carbocycles. The topological polar surface area (TPSA) is 49.5 Å². The molecule has 0 saturated heterocycles. The normalized spacial score (nSPS) is 16.4. The molecule has 0 spiro atoms. The van der Waals surface area contributed by atoms with Gasteiger partial charge in [-0.3, -0.25) is 0 Å². The van der Waals surface area contributed by atoms with Crippen molar-refractivity contribution < 1.29 is 5.11 Å². The molecule has 0 heterocycles. The Kier molecular flexibility index (Phi) is 3.89. The average molecular weight is 234 g/mol. The van der Waals surface area contributed by atoms with Crippen LogP contribution in [0.15, 0.2) is 18.2 Å². The van der Waals surface area contributed by atoms with E-state index in [2.05, 4.69) is 17.9 Å². The van der Waals surface area contributed by atoms with E-state index in [0.717, 1.165) is 11.3 Å². The highest BCUT2D eigenvalue weighted by Gasteiger charge is 2.23. The number of hydrogen-bond acceptors (Lipinski definition) is 3. The van der Waals surface area contributed by atoms with Gasteiger partial charge in [0, 0.05) is 24.0 Å². The summed E-state index contributed by atoms with van der Waals surface area (Å²) in [6, 6.07) is 6.61. The van der Waals surface area contributed by atoms with Gasteiger partial charge in [0.05, 0.1) is 6.61 Å². The van der Waals surface area contributed by atoms with Crippen molar-refractivity contribution in [2.24, 2.45) is 0 Å². The van der Waals surface area contributed by atoms with Gasteiger partial charge in [-0.2, -0.15) is 0 Å². The molecule has 3 nitrogen and oxygen atoms in total. The van der Waals surface area contributed by atoms with Crippen LogP contribution in [-0.4, -0.2) is 24.3 Å². The Bertz CT molecular complexity index is 372. The van der Waals surface area contributed by atoms with Crippen LogP contribution in [0.3, 0.4) is 0 Å². The van der Waals surface area contributed by atoms with Gasteiger partial charge in [-0.05, 0) is 37.5 Å². The third-order valence-corrected chi connectivity index (χ3v) is 3.76. The lowest BCUT2D eigenvalue weighted by Crippen LogP contribution is -2.36. The second kappa shape index (κ2) is 5.41. The number of benzene rings is 1. The van der Waals surface area contributed by atoms with Crippen LogP contribution in [0.2, 0.25) is 0 Å². The molecule has 0 amide bonds. The van der Waals surface area contributed by atoms with Crippen molar-refractivity contribution in [3.63, 3.8) is 0 Å². The van der Waals surface area contributed by atoms with Crippen LogP contribution in [-0.2, 0) is 0 Å². The highest BCUT2D eigenvalue weighted by Crippen LogP contribution is 2.31. The van der Waals surface area contributed by atoms with Crippen molar-refractivity contribution in [3.8, 4) is 0 Å². The molecular formula is C14H22N2O. The lowest BCUT2D eigenvalue weighted by molar-refractivity contribution is 0.297. The smallest absolute Gasteiger partial charge is 0.0606 e. The Balaban J connectivity index is 2.27. The van der Waals surface area contributed by atoms with E-state index in [1.165, 1.54) is 31.4 Å². The molecule has 0 unspecified atom stereocenters. The van der Waals surface area contributed by atoms with E-state index < -0.39 is 0 Å². The van der Waals surface area contributed by atoms with E-state index in [1.54, 1.807) is 0 Å². The minimum absolute atomic E-state index is 0.199. The Hall–Kier alpha value is -1.22. The number of nitrogen functional groups attached to an aromatic ring is 1. The van der Waals surface area contributed by atoms with Gasteiger partial charge < -0.3 is 15.7 Å². The Morgan fingerprint density at radius 3 is 2.71 bits per heavy atom. The molecule has 1 aromatic rings. The summed E-state index contributed by atoms with van der Waals surface area (Å²) in [5.41, 5.74) is 9.12. The minimum Gasteiger partial charge on any atom is -0.398 e. The van der Waals surface area contributed by atoms with Crippen molar-refractivity contribution in [1.29, 1.82) is 0 Å². The van der Waals surface area contributed by atoms with Crippen LogP contribution >= 0.6 is 0 Å². The standard InChI is InChI=1S/C14H22N2O/c1-11-13(15)7-4-8-14(11)16(9-10-17)12-5-2-3-6-12/h4,7-8,12,17H,2-3,5-6,9-10,15H2,1H3. The third kappa shape index (κ3) is 2.55. The second-order valence-electron chi connectivity index (χ2n) is 4.85. The van der Waals surface area contributed by atoms with Gasteiger partial charge in [0.15, 0.2) is 0 Å². The number of nitrogens with zero attached hydrogens (tertiary/aromatic N) is 1. The summed E-state index contributed by atoms with van der Waals surface area (Å²) in [5.74, 6) is 0. The average Bonchev–Trinajstić information content (AvgIpc) is 2.84. The van der Waals surface area contributed by atoms with Gasteiger partial charge >= 0.3 is 0 Å². The summed E-state index contributed by atoms with van der Waals surface area (Å²) in [4.78, 5) is 2.33. The molecule has 94 valence electrons. The molecular weight excluding hydrogens is 212 g/mol. The van der Waals surface area contributed by atoms with Crippen LogP contribution in [0.1, 0.15) is 31.2 Å². The molecule has 1 fully saturated rings. The van der Waals surface area contributed by atoms with Crippen molar-refractivity contribution in [2.75, 3.05) is 23.8 Å². The monoisotopic (exact) mass is 234 g/mol. The summed E-state index contributed by atoms with van der Waals surface area (Å²) < 4.78 is 0. The molecule has 1 saturated carbocycles. The summed E-state index contributed by atoms with van der Waals surface area (Å²) in [6.07, 6.45) is 5.06. The molecule has 0 atom stereocenters. The SMILES string of the molecule is Cc1c(N)cccc1N(CCO)C1CCCC1. The lowest BCUT2D eigenvalue weighted by atomic mass is 10.1. The maximum absolute atomic E-state index is 9.25. The zero-order chi connectivity index (χ0) is 12.3. The Labute approximate surface area is 103 Å². The summed E-state index contributed by atoms with van der Waals surface area (Å²) >= 11 is 0. The molecule has 0 bridgehead atoms. The van der Waals surface area contributed by atoms with Gasteiger partial charge in [0.25, 0.3) is 0 Å². The quantitative estimate of drug-likeness (QED) is 0.786. The second-order valence-corrected chi connectivity index (χ2v) is 4.85. The van der Waals surface area contributed by atoms with E-state index in [4.69, 9.17) is 5.73 Å². The van der Waals surface area contributed by atoms with Crippen LogP contribution < -0.4 is 10.6 Å². The van der Waals surface area contributed by atoms with Crippen molar-refractivity contribution in [2.45, 2.75) is 38.6 Å².